The van der Waals surface area contributed by atoms with E-state index in [2.05, 4.69) is 25.7 Å². The van der Waals surface area contributed by atoms with Crippen LogP contribution < -0.4 is 0 Å². The third-order valence-electron chi connectivity index (χ3n) is 1.67. The van der Waals surface area contributed by atoms with Gasteiger partial charge in [0.1, 0.15) is 0 Å². The third-order valence-corrected chi connectivity index (χ3v) is 3.52. The van der Waals surface area contributed by atoms with Crippen molar-refractivity contribution in [2.45, 2.75) is 39.0 Å². The van der Waals surface area contributed by atoms with Crippen LogP contribution in [0.25, 0.3) is 0 Å². The van der Waals surface area contributed by atoms with Gasteiger partial charge in [-0.1, -0.05) is 37.8 Å². The van der Waals surface area contributed by atoms with Gasteiger partial charge in [-0.3, -0.25) is 0 Å². The first-order valence-corrected chi connectivity index (χ1v) is 8.46. The minimum Gasteiger partial charge on any atom is -0.377 e. The first-order valence-electron chi connectivity index (χ1n) is 4.75. The second-order valence-electron chi connectivity index (χ2n) is 4.31. The molecule has 2 heteroatoms. The Kier molecular flexibility index (Phi) is 6.39. The minimum atomic E-state index is -0.824. The van der Waals surface area contributed by atoms with Crippen molar-refractivity contribution in [1.29, 1.82) is 0 Å². The number of hydrogen-bond donors (Lipinski definition) is 0. The van der Waals surface area contributed by atoms with Crippen LogP contribution in [0.15, 0.2) is 12.2 Å². The molecule has 1 nitrogen and oxygen atoms in total. The summed E-state index contributed by atoms with van der Waals surface area (Å²) in [6, 6.07) is 1.38. The van der Waals surface area contributed by atoms with E-state index >= 15 is 0 Å². The Bertz CT molecular complexity index is 124. The van der Waals surface area contributed by atoms with Crippen LogP contribution in [0.1, 0.15) is 13.3 Å². The molecule has 0 heterocycles. The zero-order valence-corrected chi connectivity index (χ0v) is 9.89. The fraction of sp³-hybridized carbons (Fsp3) is 0.800. The molecule has 0 atom stereocenters. The lowest BCUT2D eigenvalue weighted by Crippen LogP contribution is -2.19. The van der Waals surface area contributed by atoms with Gasteiger partial charge in [-0.25, -0.2) is 0 Å². The first-order chi connectivity index (χ1) is 5.56. The molecule has 0 fully saturated rings. The quantitative estimate of drug-likeness (QED) is 0.351. The molecule has 0 unspecified atom stereocenters. The summed E-state index contributed by atoms with van der Waals surface area (Å²) in [5.41, 5.74) is 0. The van der Waals surface area contributed by atoms with E-state index in [9.17, 15) is 0 Å². The molecule has 0 saturated carbocycles. The van der Waals surface area contributed by atoms with Crippen molar-refractivity contribution in [3.8, 4) is 0 Å². The summed E-state index contributed by atoms with van der Waals surface area (Å²) in [5, 5.41) is 0. The van der Waals surface area contributed by atoms with Crippen molar-refractivity contribution < 1.29 is 4.74 Å². The Hall–Kier alpha value is -0.0831. The van der Waals surface area contributed by atoms with Crippen LogP contribution in [0.5, 0.6) is 0 Å². The fourth-order valence-electron chi connectivity index (χ4n) is 0.952. The summed E-state index contributed by atoms with van der Waals surface area (Å²) >= 11 is 0. The minimum absolute atomic E-state index is 0.780. The average Bonchev–Trinajstić information content (AvgIpc) is 1.94. The molecular formula is C10H22OSi. The Morgan fingerprint density at radius 3 is 2.42 bits per heavy atom. The summed E-state index contributed by atoms with van der Waals surface area (Å²) in [4.78, 5) is 0. The Morgan fingerprint density at radius 1 is 1.25 bits per heavy atom. The van der Waals surface area contributed by atoms with Crippen LogP contribution in [0.4, 0.5) is 0 Å². The van der Waals surface area contributed by atoms with Gasteiger partial charge in [-0.05, 0) is 13.3 Å². The molecule has 72 valence electrons. The molecule has 0 aliphatic heterocycles. The standard InChI is InChI=1S/C10H22OSi/c1-5-6-8-11-9-7-10-12(2,3)4/h5-6H,7-10H2,1-4H3. The normalized spacial score (nSPS) is 12.7. The van der Waals surface area contributed by atoms with Crippen LogP contribution >= 0.6 is 0 Å². The third kappa shape index (κ3) is 9.92. The van der Waals surface area contributed by atoms with Crippen molar-refractivity contribution in [3.63, 3.8) is 0 Å². The number of rotatable bonds is 6. The first kappa shape index (κ1) is 11.9. The predicted octanol–water partition coefficient (Wildman–Crippen LogP) is 3.31. The van der Waals surface area contributed by atoms with E-state index in [1.807, 2.05) is 13.0 Å². The van der Waals surface area contributed by atoms with E-state index in [4.69, 9.17) is 4.74 Å². The van der Waals surface area contributed by atoms with Crippen LogP contribution in [0, 0.1) is 0 Å². The maximum Gasteiger partial charge on any atom is 0.0647 e. The number of hydrogen-bond acceptors (Lipinski definition) is 1. The molecule has 0 bridgehead atoms. The van der Waals surface area contributed by atoms with Crippen LogP contribution in [-0.2, 0) is 4.74 Å². The lowest BCUT2D eigenvalue weighted by atomic mass is 10.5. The lowest BCUT2D eigenvalue weighted by molar-refractivity contribution is 0.162. The summed E-state index contributed by atoms with van der Waals surface area (Å²) in [5.74, 6) is 0. The molecule has 0 spiro atoms. The van der Waals surface area contributed by atoms with Crippen molar-refractivity contribution in [1.82, 2.24) is 0 Å². The molecule has 0 amide bonds. The van der Waals surface area contributed by atoms with Crippen molar-refractivity contribution >= 4 is 8.07 Å². The second kappa shape index (κ2) is 6.43. The van der Waals surface area contributed by atoms with Crippen LogP contribution in [0.2, 0.25) is 25.7 Å². The monoisotopic (exact) mass is 186 g/mol. The average molecular weight is 186 g/mol. The second-order valence-corrected chi connectivity index (χ2v) is 9.93. The molecule has 12 heavy (non-hydrogen) atoms. The van der Waals surface area contributed by atoms with Crippen molar-refractivity contribution in [2.24, 2.45) is 0 Å². The molecule has 0 aromatic heterocycles. The van der Waals surface area contributed by atoms with Gasteiger partial charge in [-0.15, -0.1) is 0 Å². The van der Waals surface area contributed by atoms with Crippen LogP contribution in [0.3, 0.4) is 0 Å². The molecule has 0 aliphatic rings. The SMILES string of the molecule is CC=CCOCCC[Si](C)(C)C. The smallest absolute Gasteiger partial charge is 0.0647 e. The lowest BCUT2D eigenvalue weighted by Gasteiger charge is -2.14. The molecule has 0 radical (unpaired) electrons. The van der Waals surface area contributed by atoms with Gasteiger partial charge in [0.15, 0.2) is 0 Å². The van der Waals surface area contributed by atoms with E-state index < -0.39 is 8.07 Å². The van der Waals surface area contributed by atoms with E-state index in [-0.39, 0.29) is 0 Å². The maximum absolute atomic E-state index is 5.40. The molecular weight excluding hydrogens is 164 g/mol. The van der Waals surface area contributed by atoms with Gasteiger partial charge in [-0.2, -0.15) is 0 Å². The zero-order valence-electron chi connectivity index (χ0n) is 8.89. The highest BCUT2D eigenvalue weighted by atomic mass is 28.3. The van der Waals surface area contributed by atoms with Crippen molar-refractivity contribution in [3.05, 3.63) is 12.2 Å². The summed E-state index contributed by atoms with van der Waals surface area (Å²) in [6.45, 7) is 10.9. The van der Waals surface area contributed by atoms with Gasteiger partial charge in [0.05, 0.1) is 6.61 Å². The Balaban J connectivity index is 3.11. The molecule has 0 N–H and O–H groups in total. The predicted molar refractivity (Wildman–Crippen MR) is 58.4 cm³/mol. The Morgan fingerprint density at radius 2 is 1.92 bits per heavy atom. The highest BCUT2D eigenvalue weighted by Crippen LogP contribution is 2.10. The van der Waals surface area contributed by atoms with E-state index in [0.29, 0.717) is 0 Å². The summed E-state index contributed by atoms with van der Waals surface area (Å²) in [6.07, 6.45) is 5.31. The van der Waals surface area contributed by atoms with Gasteiger partial charge >= 0.3 is 0 Å². The van der Waals surface area contributed by atoms with E-state index in [1.165, 1.54) is 12.5 Å². The largest absolute Gasteiger partial charge is 0.377 e. The fourth-order valence-corrected chi connectivity index (χ4v) is 2.16. The van der Waals surface area contributed by atoms with Crippen molar-refractivity contribution in [2.75, 3.05) is 13.2 Å². The summed E-state index contributed by atoms with van der Waals surface area (Å²) < 4.78 is 5.40. The van der Waals surface area contributed by atoms with E-state index in [1.54, 1.807) is 0 Å². The number of ether oxygens (including phenoxy) is 1. The molecule has 0 rings (SSSR count). The van der Waals surface area contributed by atoms with E-state index in [0.717, 1.165) is 13.2 Å². The van der Waals surface area contributed by atoms with Gasteiger partial charge < -0.3 is 4.74 Å². The summed E-state index contributed by atoms with van der Waals surface area (Å²) in [7, 11) is -0.824. The molecule has 0 aromatic carbocycles. The molecule has 0 aliphatic carbocycles. The highest BCUT2D eigenvalue weighted by Gasteiger charge is 2.11. The van der Waals surface area contributed by atoms with Gasteiger partial charge in [0.2, 0.25) is 0 Å². The zero-order chi connectivity index (χ0) is 9.45. The topological polar surface area (TPSA) is 9.23 Å². The van der Waals surface area contributed by atoms with Crippen LogP contribution in [-0.4, -0.2) is 21.3 Å². The molecule has 0 aromatic rings. The van der Waals surface area contributed by atoms with Gasteiger partial charge in [0, 0.05) is 14.7 Å². The Labute approximate surface area is 77.8 Å². The number of allylic oxidation sites excluding steroid dienone is 1. The highest BCUT2D eigenvalue weighted by molar-refractivity contribution is 6.76. The molecule has 0 saturated heterocycles. The van der Waals surface area contributed by atoms with Gasteiger partial charge in [0.25, 0.3) is 0 Å². The maximum atomic E-state index is 5.40.